The zero-order valence-electron chi connectivity index (χ0n) is 8.88. The van der Waals surface area contributed by atoms with Crippen LogP contribution in [0.2, 0.25) is 0 Å². The zero-order chi connectivity index (χ0) is 11.3. The van der Waals surface area contributed by atoms with E-state index in [0.29, 0.717) is 6.42 Å². The lowest BCUT2D eigenvalue weighted by Crippen LogP contribution is -2.26. The summed E-state index contributed by atoms with van der Waals surface area (Å²) in [5, 5.41) is 5.92. The van der Waals surface area contributed by atoms with Gasteiger partial charge in [0.1, 0.15) is 0 Å². The predicted octanol–water partition coefficient (Wildman–Crippen LogP) is 2.23. The first kappa shape index (κ1) is 12.3. The molecule has 0 fully saturated rings. The van der Waals surface area contributed by atoms with Crippen LogP contribution in [-0.2, 0) is 4.79 Å². The van der Waals surface area contributed by atoms with E-state index in [1.165, 1.54) is 3.57 Å². The number of rotatable bonds is 4. The number of benzene rings is 1. The topological polar surface area (TPSA) is 41.1 Å². The van der Waals surface area contributed by atoms with Crippen LogP contribution < -0.4 is 10.6 Å². The van der Waals surface area contributed by atoms with Crippen molar-refractivity contribution in [1.29, 1.82) is 0 Å². The van der Waals surface area contributed by atoms with E-state index >= 15 is 0 Å². The molecule has 82 valence electrons. The molecule has 1 aromatic rings. The van der Waals surface area contributed by atoms with Gasteiger partial charge < -0.3 is 10.6 Å². The van der Waals surface area contributed by atoms with Crippen molar-refractivity contribution in [3.63, 3.8) is 0 Å². The third kappa shape index (κ3) is 4.07. The molecule has 0 saturated heterocycles. The van der Waals surface area contributed by atoms with Crippen molar-refractivity contribution in [2.24, 2.45) is 0 Å². The van der Waals surface area contributed by atoms with Gasteiger partial charge in [-0.2, -0.15) is 0 Å². The number of hydrogen-bond acceptors (Lipinski definition) is 2. The summed E-state index contributed by atoms with van der Waals surface area (Å²) in [6.07, 6.45) is 0.488. The second-order valence-corrected chi connectivity index (χ2v) is 4.56. The van der Waals surface area contributed by atoms with Crippen molar-refractivity contribution in [2.75, 3.05) is 12.4 Å². The van der Waals surface area contributed by atoms with Crippen LogP contribution in [0.15, 0.2) is 24.3 Å². The fourth-order valence-corrected chi connectivity index (χ4v) is 1.82. The summed E-state index contributed by atoms with van der Waals surface area (Å²) in [5.74, 6) is 0.0564. The summed E-state index contributed by atoms with van der Waals surface area (Å²) in [6.45, 7) is 2.00. The van der Waals surface area contributed by atoms with Gasteiger partial charge in [0.25, 0.3) is 0 Å². The molecule has 0 saturated carbocycles. The second-order valence-electron chi connectivity index (χ2n) is 3.40. The standard InChI is InChI=1S/C11H15IN2O/c1-8(7-11(15)13-2)14-10-6-4-3-5-9(10)12/h3-6,8,14H,7H2,1-2H3,(H,13,15). The van der Waals surface area contributed by atoms with E-state index in [1.54, 1.807) is 7.05 Å². The van der Waals surface area contributed by atoms with Crippen molar-refractivity contribution in [1.82, 2.24) is 5.32 Å². The van der Waals surface area contributed by atoms with E-state index in [9.17, 15) is 4.79 Å². The number of nitrogens with one attached hydrogen (secondary N) is 2. The average molecular weight is 318 g/mol. The summed E-state index contributed by atoms with van der Waals surface area (Å²) >= 11 is 2.27. The predicted molar refractivity (Wildman–Crippen MR) is 70.9 cm³/mol. The fourth-order valence-electron chi connectivity index (χ4n) is 1.27. The largest absolute Gasteiger partial charge is 0.381 e. The van der Waals surface area contributed by atoms with Crippen LogP contribution in [0.1, 0.15) is 13.3 Å². The monoisotopic (exact) mass is 318 g/mol. The molecule has 0 radical (unpaired) electrons. The number of anilines is 1. The average Bonchev–Trinajstić information content (AvgIpc) is 2.21. The number of carbonyl (C=O) groups is 1. The third-order valence-corrected chi connectivity index (χ3v) is 2.99. The quantitative estimate of drug-likeness (QED) is 0.836. The minimum absolute atomic E-state index is 0.0564. The van der Waals surface area contributed by atoms with Gasteiger partial charge in [-0.3, -0.25) is 4.79 Å². The SMILES string of the molecule is CNC(=O)CC(C)Nc1ccccc1I. The van der Waals surface area contributed by atoms with E-state index < -0.39 is 0 Å². The third-order valence-electron chi connectivity index (χ3n) is 2.05. The molecule has 0 heterocycles. The Morgan fingerprint density at radius 2 is 2.13 bits per heavy atom. The lowest BCUT2D eigenvalue weighted by molar-refractivity contribution is -0.120. The van der Waals surface area contributed by atoms with Crippen LogP contribution >= 0.6 is 22.6 Å². The number of para-hydroxylation sites is 1. The zero-order valence-corrected chi connectivity index (χ0v) is 11.0. The molecule has 15 heavy (non-hydrogen) atoms. The first-order chi connectivity index (χ1) is 7.13. The van der Waals surface area contributed by atoms with Crippen molar-refractivity contribution >= 4 is 34.2 Å². The van der Waals surface area contributed by atoms with Crippen molar-refractivity contribution in [3.05, 3.63) is 27.8 Å². The number of carbonyl (C=O) groups excluding carboxylic acids is 1. The second kappa shape index (κ2) is 5.95. The Kier molecular flexibility index (Phi) is 4.87. The Morgan fingerprint density at radius 1 is 1.47 bits per heavy atom. The summed E-state index contributed by atoms with van der Waals surface area (Å²) < 4.78 is 1.17. The summed E-state index contributed by atoms with van der Waals surface area (Å²) in [5.41, 5.74) is 1.08. The normalized spacial score (nSPS) is 11.9. The number of amides is 1. The molecule has 1 amide bonds. The lowest BCUT2D eigenvalue weighted by Gasteiger charge is -2.15. The van der Waals surface area contributed by atoms with Gasteiger partial charge in [0.15, 0.2) is 0 Å². The molecule has 4 heteroatoms. The first-order valence-corrected chi connectivity index (χ1v) is 5.93. The molecule has 1 unspecified atom stereocenters. The Hall–Kier alpha value is -0.780. The van der Waals surface area contributed by atoms with Crippen LogP contribution in [0.5, 0.6) is 0 Å². The molecular weight excluding hydrogens is 303 g/mol. The molecule has 3 nitrogen and oxygen atoms in total. The van der Waals surface area contributed by atoms with Gasteiger partial charge >= 0.3 is 0 Å². The van der Waals surface area contributed by atoms with Crippen LogP contribution in [0.3, 0.4) is 0 Å². The van der Waals surface area contributed by atoms with E-state index in [2.05, 4.69) is 33.2 Å². The summed E-state index contributed by atoms with van der Waals surface area (Å²) in [6, 6.07) is 8.17. The van der Waals surface area contributed by atoms with Gasteiger partial charge in [0.05, 0.1) is 0 Å². The maximum absolute atomic E-state index is 11.1. The minimum Gasteiger partial charge on any atom is -0.381 e. The smallest absolute Gasteiger partial charge is 0.221 e. The van der Waals surface area contributed by atoms with E-state index in [4.69, 9.17) is 0 Å². The molecule has 0 aliphatic carbocycles. The molecule has 1 aromatic carbocycles. The molecule has 1 rings (SSSR count). The molecule has 1 atom stereocenters. The number of hydrogen-bond donors (Lipinski definition) is 2. The highest BCUT2D eigenvalue weighted by Crippen LogP contribution is 2.18. The molecule has 0 aliphatic rings. The van der Waals surface area contributed by atoms with Gasteiger partial charge in [-0.05, 0) is 41.6 Å². The van der Waals surface area contributed by atoms with Crippen molar-refractivity contribution < 1.29 is 4.79 Å². The number of halogens is 1. The summed E-state index contributed by atoms with van der Waals surface area (Å²) in [7, 11) is 1.65. The van der Waals surface area contributed by atoms with Gasteiger partial charge in [0, 0.05) is 28.8 Å². The first-order valence-electron chi connectivity index (χ1n) is 4.85. The van der Waals surface area contributed by atoms with Crippen LogP contribution in [0, 0.1) is 3.57 Å². The Bertz CT molecular complexity index is 341. The van der Waals surface area contributed by atoms with Gasteiger partial charge in [-0.1, -0.05) is 12.1 Å². The molecule has 0 spiro atoms. The summed E-state index contributed by atoms with van der Waals surface area (Å²) in [4.78, 5) is 11.1. The molecule has 0 bridgehead atoms. The Balaban J connectivity index is 2.55. The fraction of sp³-hybridized carbons (Fsp3) is 0.364. The van der Waals surface area contributed by atoms with Crippen LogP contribution in [0.4, 0.5) is 5.69 Å². The Morgan fingerprint density at radius 3 is 2.73 bits per heavy atom. The highest BCUT2D eigenvalue weighted by Gasteiger charge is 2.08. The van der Waals surface area contributed by atoms with E-state index in [0.717, 1.165) is 5.69 Å². The highest BCUT2D eigenvalue weighted by molar-refractivity contribution is 14.1. The van der Waals surface area contributed by atoms with Gasteiger partial charge in [-0.25, -0.2) is 0 Å². The van der Waals surface area contributed by atoms with E-state index in [1.807, 2.05) is 31.2 Å². The maximum Gasteiger partial charge on any atom is 0.221 e. The maximum atomic E-state index is 11.1. The molecule has 2 N–H and O–H groups in total. The molecule has 0 aromatic heterocycles. The lowest BCUT2D eigenvalue weighted by atomic mass is 10.2. The van der Waals surface area contributed by atoms with E-state index in [-0.39, 0.29) is 11.9 Å². The van der Waals surface area contributed by atoms with Crippen LogP contribution in [0.25, 0.3) is 0 Å². The van der Waals surface area contributed by atoms with Crippen molar-refractivity contribution in [2.45, 2.75) is 19.4 Å². The van der Waals surface area contributed by atoms with Gasteiger partial charge in [-0.15, -0.1) is 0 Å². The minimum atomic E-state index is 0.0564. The molecule has 0 aliphatic heterocycles. The van der Waals surface area contributed by atoms with Gasteiger partial charge in [0.2, 0.25) is 5.91 Å². The van der Waals surface area contributed by atoms with Crippen LogP contribution in [-0.4, -0.2) is 19.0 Å². The van der Waals surface area contributed by atoms with Crippen molar-refractivity contribution in [3.8, 4) is 0 Å². The highest BCUT2D eigenvalue weighted by atomic mass is 127. The molecular formula is C11H15IN2O. The Labute approximate surface area is 104 Å².